The van der Waals surface area contributed by atoms with Crippen LogP contribution in [0.5, 0.6) is 0 Å². The number of aromatic nitrogens is 2. The summed E-state index contributed by atoms with van der Waals surface area (Å²) in [5.74, 6) is 1.37. The summed E-state index contributed by atoms with van der Waals surface area (Å²) >= 11 is 0. The van der Waals surface area contributed by atoms with Crippen LogP contribution in [0, 0.1) is 0 Å². The molecule has 6 heteroatoms. The van der Waals surface area contributed by atoms with Crippen LogP contribution in [0.15, 0.2) is 78.9 Å². The van der Waals surface area contributed by atoms with Gasteiger partial charge in [0, 0.05) is 24.5 Å². The molecule has 34 heavy (non-hydrogen) atoms. The highest BCUT2D eigenvalue weighted by Gasteiger charge is 2.15. The lowest BCUT2D eigenvalue weighted by atomic mass is 10.0. The molecule has 0 spiro atoms. The summed E-state index contributed by atoms with van der Waals surface area (Å²) in [5.41, 5.74) is 3.73. The maximum absolute atomic E-state index is 13.1. The first-order valence-electron chi connectivity index (χ1n) is 11.6. The summed E-state index contributed by atoms with van der Waals surface area (Å²) in [6, 6.07) is 25.8. The molecule has 3 aromatic carbocycles. The van der Waals surface area contributed by atoms with E-state index in [-0.39, 0.29) is 5.91 Å². The van der Waals surface area contributed by atoms with E-state index in [1.807, 2.05) is 66.7 Å². The van der Waals surface area contributed by atoms with E-state index in [1.54, 1.807) is 11.9 Å². The molecule has 6 nitrogen and oxygen atoms in total. The SMILES string of the molecule is CN(C)CCCNc1nc(CN(C)C(=O)c2ccc(-c3ccccc3)cc2)nc2ccccc12. The Morgan fingerprint density at radius 2 is 1.50 bits per heavy atom. The minimum atomic E-state index is -0.0585. The minimum absolute atomic E-state index is 0.0585. The number of para-hydroxylation sites is 1. The Morgan fingerprint density at radius 1 is 0.824 bits per heavy atom. The Morgan fingerprint density at radius 3 is 2.24 bits per heavy atom. The number of carbonyl (C=O) groups is 1. The van der Waals surface area contributed by atoms with E-state index < -0.39 is 0 Å². The Labute approximate surface area is 201 Å². The second-order valence-electron chi connectivity index (χ2n) is 8.69. The van der Waals surface area contributed by atoms with Gasteiger partial charge < -0.3 is 15.1 Å². The van der Waals surface area contributed by atoms with Crippen molar-refractivity contribution < 1.29 is 4.79 Å². The molecule has 0 bridgehead atoms. The fourth-order valence-electron chi connectivity index (χ4n) is 3.87. The first-order chi connectivity index (χ1) is 16.5. The predicted molar refractivity (Wildman–Crippen MR) is 139 cm³/mol. The molecule has 174 valence electrons. The van der Waals surface area contributed by atoms with Crippen LogP contribution < -0.4 is 5.32 Å². The normalized spacial score (nSPS) is 11.1. The van der Waals surface area contributed by atoms with Gasteiger partial charge in [0.2, 0.25) is 0 Å². The number of nitrogens with one attached hydrogen (secondary N) is 1. The van der Waals surface area contributed by atoms with Gasteiger partial charge in [-0.1, -0.05) is 54.6 Å². The molecular weight excluding hydrogens is 422 g/mol. The summed E-state index contributed by atoms with van der Waals surface area (Å²) in [5, 5.41) is 4.45. The van der Waals surface area contributed by atoms with Gasteiger partial charge in [0.15, 0.2) is 5.82 Å². The molecule has 0 aliphatic carbocycles. The average Bonchev–Trinajstić information content (AvgIpc) is 2.86. The van der Waals surface area contributed by atoms with Crippen LogP contribution in [0.2, 0.25) is 0 Å². The lowest BCUT2D eigenvalue weighted by Crippen LogP contribution is -2.27. The molecule has 0 atom stereocenters. The molecule has 0 unspecified atom stereocenters. The first kappa shape index (κ1) is 23.4. The fraction of sp³-hybridized carbons (Fsp3) is 0.250. The summed E-state index contributed by atoms with van der Waals surface area (Å²) in [4.78, 5) is 26.4. The number of carbonyl (C=O) groups excluding carboxylic acids is 1. The molecule has 0 aliphatic heterocycles. The van der Waals surface area contributed by atoms with Gasteiger partial charge in [-0.15, -0.1) is 0 Å². The van der Waals surface area contributed by atoms with Crippen molar-refractivity contribution in [2.24, 2.45) is 0 Å². The summed E-state index contributed by atoms with van der Waals surface area (Å²) in [6.07, 6.45) is 1.01. The number of hydrogen-bond acceptors (Lipinski definition) is 5. The zero-order valence-electron chi connectivity index (χ0n) is 20.0. The molecular formula is C28H31N5O. The highest BCUT2D eigenvalue weighted by atomic mass is 16.2. The quantitative estimate of drug-likeness (QED) is 0.364. The van der Waals surface area contributed by atoms with Crippen LogP contribution in [0.3, 0.4) is 0 Å². The molecule has 1 aromatic heterocycles. The molecule has 0 fully saturated rings. The van der Waals surface area contributed by atoms with Crippen LogP contribution in [-0.4, -0.2) is 59.9 Å². The Bertz CT molecular complexity index is 1240. The van der Waals surface area contributed by atoms with Crippen molar-refractivity contribution in [2.75, 3.05) is 39.5 Å². The van der Waals surface area contributed by atoms with Crippen LogP contribution in [0.25, 0.3) is 22.0 Å². The van der Waals surface area contributed by atoms with Crippen LogP contribution in [0.4, 0.5) is 5.82 Å². The van der Waals surface area contributed by atoms with E-state index in [2.05, 4.69) is 36.4 Å². The predicted octanol–water partition coefficient (Wildman–Crippen LogP) is 4.93. The second kappa shape index (κ2) is 10.9. The Hall–Kier alpha value is -3.77. The van der Waals surface area contributed by atoms with Crippen LogP contribution >= 0.6 is 0 Å². The Balaban J connectivity index is 1.48. The van der Waals surface area contributed by atoms with E-state index in [0.29, 0.717) is 17.9 Å². The van der Waals surface area contributed by atoms with Crippen molar-refractivity contribution in [1.82, 2.24) is 19.8 Å². The highest BCUT2D eigenvalue weighted by Crippen LogP contribution is 2.22. The van der Waals surface area contributed by atoms with Crippen molar-refractivity contribution in [2.45, 2.75) is 13.0 Å². The molecule has 0 aliphatic rings. The van der Waals surface area contributed by atoms with Crippen molar-refractivity contribution in [3.63, 3.8) is 0 Å². The van der Waals surface area contributed by atoms with Gasteiger partial charge in [-0.05, 0) is 62.5 Å². The number of amides is 1. The summed E-state index contributed by atoms with van der Waals surface area (Å²) in [6.45, 7) is 2.15. The van der Waals surface area contributed by atoms with E-state index in [9.17, 15) is 4.79 Å². The van der Waals surface area contributed by atoms with E-state index in [1.165, 1.54) is 0 Å². The monoisotopic (exact) mass is 453 g/mol. The van der Waals surface area contributed by atoms with Gasteiger partial charge in [0.1, 0.15) is 5.82 Å². The van der Waals surface area contributed by atoms with Crippen molar-refractivity contribution in [1.29, 1.82) is 0 Å². The van der Waals surface area contributed by atoms with Crippen molar-refractivity contribution >= 4 is 22.6 Å². The zero-order chi connectivity index (χ0) is 23.9. The van der Waals surface area contributed by atoms with Crippen LogP contribution in [-0.2, 0) is 6.54 Å². The topological polar surface area (TPSA) is 61.4 Å². The van der Waals surface area contributed by atoms with E-state index >= 15 is 0 Å². The van der Waals surface area contributed by atoms with Crippen molar-refractivity contribution in [3.8, 4) is 11.1 Å². The molecule has 4 aromatic rings. The van der Waals surface area contributed by atoms with Crippen LogP contribution in [0.1, 0.15) is 22.6 Å². The number of rotatable bonds is 9. The Kier molecular flexibility index (Phi) is 7.50. The molecule has 4 rings (SSSR count). The largest absolute Gasteiger partial charge is 0.369 e. The lowest BCUT2D eigenvalue weighted by molar-refractivity contribution is 0.0781. The maximum atomic E-state index is 13.1. The standard InChI is InChI=1S/C28H31N5O/c1-32(2)19-9-18-29-27-24-12-7-8-13-25(24)30-26(31-27)20-33(3)28(34)23-16-14-22(15-17-23)21-10-5-4-6-11-21/h4-8,10-17H,9,18-20H2,1-3H3,(H,29,30,31). The zero-order valence-corrected chi connectivity index (χ0v) is 20.0. The van der Waals surface area contributed by atoms with Crippen molar-refractivity contribution in [3.05, 3.63) is 90.3 Å². The van der Waals surface area contributed by atoms with Gasteiger partial charge in [0.25, 0.3) is 5.91 Å². The van der Waals surface area contributed by atoms with Gasteiger partial charge in [0.05, 0.1) is 12.1 Å². The average molecular weight is 454 g/mol. The first-order valence-corrected chi connectivity index (χ1v) is 11.6. The van der Waals surface area contributed by atoms with E-state index in [0.717, 1.165) is 47.4 Å². The number of anilines is 1. The van der Waals surface area contributed by atoms with E-state index in [4.69, 9.17) is 9.97 Å². The second-order valence-corrected chi connectivity index (χ2v) is 8.69. The number of nitrogens with zero attached hydrogens (tertiary/aromatic N) is 4. The van der Waals surface area contributed by atoms with Gasteiger partial charge in [-0.2, -0.15) is 0 Å². The van der Waals surface area contributed by atoms with Gasteiger partial charge in [-0.25, -0.2) is 9.97 Å². The molecule has 1 amide bonds. The number of fused-ring (bicyclic) bond motifs is 1. The number of benzene rings is 3. The third-order valence-electron chi connectivity index (χ3n) is 5.69. The third kappa shape index (κ3) is 5.77. The lowest BCUT2D eigenvalue weighted by Gasteiger charge is -2.18. The molecule has 1 N–H and O–H groups in total. The molecule has 0 radical (unpaired) electrons. The number of hydrogen-bond donors (Lipinski definition) is 1. The third-order valence-corrected chi connectivity index (χ3v) is 5.69. The molecule has 0 saturated heterocycles. The smallest absolute Gasteiger partial charge is 0.254 e. The summed E-state index contributed by atoms with van der Waals surface area (Å²) < 4.78 is 0. The minimum Gasteiger partial charge on any atom is -0.369 e. The maximum Gasteiger partial charge on any atom is 0.254 e. The van der Waals surface area contributed by atoms with Gasteiger partial charge in [-0.3, -0.25) is 4.79 Å². The fourth-order valence-corrected chi connectivity index (χ4v) is 3.87. The molecule has 0 saturated carbocycles. The van der Waals surface area contributed by atoms with Gasteiger partial charge >= 0.3 is 0 Å². The highest BCUT2D eigenvalue weighted by molar-refractivity contribution is 5.94. The summed E-state index contributed by atoms with van der Waals surface area (Å²) in [7, 11) is 5.93. The molecule has 1 heterocycles.